The van der Waals surface area contributed by atoms with Gasteiger partial charge >= 0.3 is 0 Å². The molecule has 1 aliphatic heterocycles. The molecular formula is C24H26N4O. The quantitative estimate of drug-likeness (QED) is 0.592. The van der Waals surface area contributed by atoms with Crippen molar-refractivity contribution < 1.29 is 4.74 Å². The number of aryl methyl sites for hydroxylation is 1. The van der Waals surface area contributed by atoms with E-state index in [1.165, 1.54) is 37.7 Å². The van der Waals surface area contributed by atoms with E-state index in [9.17, 15) is 0 Å². The molecule has 1 fully saturated rings. The topological polar surface area (TPSA) is 75.2 Å². The highest BCUT2D eigenvalue weighted by Gasteiger charge is 2.14. The Morgan fingerprint density at radius 2 is 1.83 bits per heavy atom. The van der Waals surface area contributed by atoms with Crippen molar-refractivity contribution in [3.8, 4) is 11.5 Å². The molecule has 0 atom stereocenters. The van der Waals surface area contributed by atoms with Gasteiger partial charge in [0.25, 0.3) is 0 Å². The molecule has 3 N–H and O–H groups in total. The van der Waals surface area contributed by atoms with Crippen LogP contribution in [0.1, 0.15) is 29.7 Å². The molecule has 1 saturated heterocycles. The molecule has 0 spiro atoms. The van der Waals surface area contributed by atoms with Crippen LogP contribution >= 0.6 is 0 Å². The predicted octanol–water partition coefficient (Wildman–Crippen LogP) is 4.88. The minimum atomic E-state index is 0.559. The number of likely N-dealkylation sites (tertiary alicyclic amines) is 1. The fourth-order valence-electron chi connectivity index (χ4n) is 3.74. The molecule has 1 aromatic heterocycles. The number of ether oxygens (including phenoxy) is 1. The van der Waals surface area contributed by atoms with Crippen LogP contribution in [0.4, 0.5) is 0 Å². The second-order valence-corrected chi connectivity index (χ2v) is 7.49. The van der Waals surface area contributed by atoms with Crippen molar-refractivity contribution in [2.45, 2.75) is 26.3 Å². The lowest BCUT2D eigenvalue weighted by Crippen LogP contribution is -2.19. The van der Waals surface area contributed by atoms with E-state index in [1.54, 1.807) is 6.08 Å². The minimum absolute atomic E-state index is 0.559. The number of benzene rings is 2. The van der Waals surface area contributed by atoms with E-state index >= 15 is 0 Å². The van der Waals surface area contributed by atoms with Gasteiger partial charge in [-0.05, 0) is 98.6 Å². The largest absolute Gasteiger partial charge is 0.457 e. The maximum atomic E-state index is 7.12. The monoisotopic (exact) mass is 386 g/mol. The predicted molar refractivity (Wildman–Crippen MR) is 118 cm³/mol. The van der Waals surface area contributed by atoms with E-state index in [4.69, 9.17) is 20.9 Å². The van der Waals surface area contributed by atoms with E-state index < -0.39 is 0 Å². The van der Waals surface area contributed by atoms with Gasteiger partial charge in [-0.25, -0.2) is 0 Å². The van der Waals surface area contributed by atoms with E-state index in [2.05, 4.69) is 17.9 Å². The standard InChI is InChI=1S/C24H26N4O/c1-17-20(16-28-12-2-3-13-28)14-19-15-22(8-9-24(19)27-17)29-21-6-4-18(5-7-21)23(26)10-11-25/h4-11,14-15,25H,2-3,12-13,16,26H2,1H3/b23-10-,25-11?. The number of pyridine rings is 1. The molecular weight excluding hydrogens is 360 g/mol. The van der Waals surface area contributed by atoms with Crippen molar-refractivity contribution in [1.29, 1.82) is 5.41 Å². The maximum absolute atomic E-state index is 7.12. The van der Waals surface area contributed by atoms with Crippen LogP contribution in [-0.2, 0) is 6.54 Å². The molecule has 0 radical (unpaired) electrons. The third-order valence-electron chi connectivity index (χ3n) is 5.36. The Kier molecular flexibility index (Phi) is 5.58. The van der Waals surface area contributed by atoms with Crippen LogP contribution in [0.5, 0.6) is 11.5 Å². The average Bonchev–Trinajstić information content (AvgIpc) is 3.23. The van der Waals surface area contributed by atoms with Gasteiger partial charge in [0.05, 0.1) is 5.52 Å². The molecule has 0 aliphatic carbocycles. The number of rotatable bonds is 6. The average molecular weight is 386 g/mol. The van der Waals surface area contributed by atoms with E-state index in [-0.39, 0.29) is 0 Å². The number of hydrogen-bond donors (Lipinski definition) is 2. The summed E-state index contributed by atoms with van der Waals surface area (Å²) in [7, 11) is 0. The second-order valence-electron chi connectivity index (χ2n) is 7.49. The molecule has 3 aromatic rings. The fraction of sp³-hybridized carbons (Fsp3) is 0.250. The molecule has 4 rings (SSSR count). The number of hydrogen-bond acceptors (Lipinski definition) is 5. The van der Waals surface area contributed by atoms with E-state index in [0.29, 0.717) is 5.70 Å². The smallest absolute Gasteiger partial charge is 0.128 e. The van der Waals surface area contributed by atoms with Crippen molar-refractivity contribution in [1.82, 2.24) is 9.88 Å². The zero-order valence-corrected chi connectivity index (χ0v) is 16.7. The van der Waals surface area contributed by atoms with Gasteiger partial charge in [0, 0.05) is 29.5 Å². The molecule has 5 heteroatoms. The van der Waals surface area contributed by atoms with Gasteiger partial charge in [0.2, 0.25) is 0 Å². The summed E-state index contributed by atoms with van der Waals surface area (Å²) in [5.74, 6) is 1.53. The van der Waals surface area contributed by atoms with Gasteiger partial charge < -0.3 is 15.9 Å². The molecule has 0 unspecified atom stereocenters. The molecule has 0 saturated carbocycles. The Hall–Kier alpha value is -3.18. The number of allylic oxidation sites excluding steroid dienone is 1. The van der Waals surface area contributed by atoms with Crippen molar-refractivity contribution in [2.24, 2.45) is 5.73 Å². The van der Waals surface area contributed by atoms with E-state index in [1.807, 2.05) is 42.5 Å². The van der Waals surface area contributed by atoms with Gasteiger partial charge in [-0.2, -0.15) is 0 Å². The number of nitrogens with two attached hydrogens (primary N) is 1. The molecule has 1 aliphatic rings. The highest BCUT2D eigenvalue weighted by atomic mass is 16.5. The summed E-state index contributed by atoms with van der Waals surface area (Å²) in [5, 5.41) is 8.21. The molecule has 29 heavy (non-hydrogen) atoms. The highest BCUT2D eigenvalue weighted by Crippen LogP contribution is 2.27. The van der Waals surface area contributed by atoms with Crippen LogP contribution in [-0.4, -0.2) is 29.2 Å². The van der Waals surface area contributed by atoms with Crippen LogP contribution in [0, 0.1) is 12.3 Å². The summed E-state index contributed by atoms with van der Waals surface area (Å²) in [6, 6.07) is 15.8. The van der Waals surface area contributed by atoms with Gasteiger partial charge in [0.15, 0.2) is 0 Å². The molecule has 148 valence electrons. The zero-order chi connectivity index (χ0) is 20.2. The van der Waals surface area contributed by atoms with Crippen molar-refractivity contribution in [3.05, 3.63) is 71.4 Å². The first kappa shape index (κ1) is 19.2. The third-order valence-corrected chi connectivity index (χ3v) is 5.36. The van der Waals surface area contributed by atoms with Gasteiger partial charge in [-0.1, -0.05) is 0 Å². The van der Waals surface area contributed by atoms with Crippen LogP contribution in [0.25, 0.3) is 16.6 Å². The van der Waals surface area contributed by atoms with Gasteiger partial charge in [-0.3, -0.25) is 9.88 Å². The molecule has 5 nitrogen and oxygen atoms in total. The lowest BCUT2D eigenvalue weighted by atomic mass is 10.1. The summed E-state index contributed by atoms with van der Waals surface area (Å²) < 4.78 is 6.04. The Morgan fingerprint density at radius 1 is 1.10 bits per heavy atom. The zero-order valence-electron chi connectivity index (χ0n) is 16.7. The SMILES string of the molecule is Cc1nc2ccc(Oc3ccc(/C(N)=C/C=N)cc3)cc2cc1CN1CCCC1. The first-order valence-corrected chi connectivity index (χ1v) is 9.99. The minimum Gasteiger partial charge on any atom is -0.457 e. The number of aromatic nitrogens is 1. The van der Waals surface area contributed by atoms with E-state index in [0.717, 1.165) is 40.2 Å². The van der Waals surface area contributed by atoms with Crippen LogP contribution in [0.3, 0.4) is 0 Å². The summed E-state index contributed by atoms with van der Waals surface area (Å²) >= 11 is 0. The summed E-state index contributed by atoms with van der Waals surface area (Å²) in [6.07, 6.45) is 5.33. The molecule has 0 bridgehead atoms. The first-order chi connectivity index (χ1) is 14.1. The Morgan fingerprint density at radius 3 is 2.55 bits per heavy atom. The maximum Gasteiger partial charge on any atom is 0.128 e. The van der Waals surface area contributed by atoms with Crippen LogP contribution in [0.15, 0.2) is 54.6 Å². The Labute approximate surface area is 171 Å². The number of nitrogens with one attached hydrogen (secondary N) is 1. The first-order valence-electron chi connectivity index (χ1n) is 9.99. The lowest BCUT2D eigenvalue weighted by molar-refractivity contribution is 0.330. The summed E-state index contributed by atoms with van der Waals surface area (Å²) in [4.78, 5) is 7.29. The summed E-state index contributed by atoms with van der Waals surface area (Å²) in [5.41, 5.74) is 10.7. The molecule has 0 amide bonds. The highest BCUT2D eigenvalue weighted by molar-refractivity contribution is 5.82. The normalized spacial score (nSPS) is 15.0. The van der Waals surface area contributed by atoms with Gasteiger partial charge in [-0.15, -0.1) is 0 Å². The summed E-state index contributed by atoms with van der Waals surface area (Å²) in [6.45, 7) is 5.41. The fourth-order valence-corrected chi connectivity index (χ4v) is 3.74. The molecule has 2 aromatic carbocycles. The second kappa shape index (κ2) is 8.45. The Bertz CT molecular complexity index is 1050. The Balaban J connectivity index is 1.55. The number of nitrogens with zero attached hydrogens (tertiary/aromatic N) is 2. The molecule has 2 heterocycles. The van der Waals surface area contributed by atoms with Crippen molar-refractivity contribution >= 4 is 22.8 Å². The number of fused-ring (bicyclic) bond motifs is 1. The lowest BCUT2D eigenvalue weighted by Gasteiger charge is -2.16. The van der Waals surface area contributed by atoms with Gasteiger partial charge in [0.1, 0.15) is 11.5 Å². The third kappa shape index (κ3) is 4.46. The van der Waals surface area contributed by atoms with Crippen LogP contribution in [0.2, 0.25) is 0 Å². The van der Waals surface area contributed by atoms with Crippen LogP contribution < -0.4 is 10.5 Å². The van der Waals surface area contributed by atoms with Crippen molar-refractivity contribution in [3.63, 3.8) is 0 Å². The van der Waals surface area contributed by atoms with Crippen molar-refractivity contribution in [2.75, 3.05) is 13.1 Å².